The third kappa shape index (κ3) is 5.47. The van der Waals surface area contributed by atoms with Gasteiger partial charge in [-0.3, -0.25) is 29.2 Å². The van der Waals surface area contributed by atoms with Gasteiger partial charge >= 0.3 is 0 Å². The van der Waals surface area contributed by atoms with Crippen LogP contribution in [-0.2, 0) is 11.3 Å². The first-order valence-corrected chi connectivity index (χ1v) is 13.2. The summed E-state index contributed by atoms with van der Waals surface area (Å²) in [5.74, 6) is 0.179. The average molecular weight is 525 g/mol. The minimum Gasteiger partial charge on any atom is -0.444 e. The molecular weight excluding hydrogens is 492 g/mol. The van der Waals surface area contributed by atoms with Gasteiger partial charge < -0.3 is 4.42 Å². The fourth-order valence-corrected chi connectivity index (χ4v) is 5.43. The molecule has 37 heavy (non-hydrogen) atoms. The Morgan fingerprint density at radius 3 is 2.54 bits per heavy atom. The van der Waals surface area contributed by atoms with Gasteiger partial charge in [0, 0.05) is 25.2 Å². The Hall–Kier alpha value is -3.44. The lowest BCUT2D eigenvalue weighted by molar-refractivity contribution is -0.113. The molecular formula is C26H32N6O4S. The van der Waals surface area contributed by atoms with Crippen LogP contribution in [0.15, 0.2) is 43.4 Å². The van der Waals surface area contributed by atoms with Crippen LogP contribution < -0.4 is 16.4 Å². The molecule has 0 fully saturated rings. The predicted octanol–water partition coefficient (Wildman–Crippen LogP) is 3.69. The molecule has 4 rings (SSSR count). The van der Waals surface area contributed by atoms with Crippen LogP contribution in [0.1, 0.15) is 39.1 Å². The Morgan fingerprint density at radius 1 is 1.14 bits per heavy atom. The van der Waals surface area contributed by atoms with Crippen molar-refractivity contribution in [2.45, 2.75) is 65.3 Å². The van der Waals surface area contributed by atoms with Gasteiger partial charge in [0.15, 0.2) is 5.16 Å². The third-order valence-electron chi connectivity index (χ3n) is 6.32. The Bertz CT molecular complexity index is 1560. The molecule has 0 aliphatic carbocycles. The number of nitrogens with zero attached hydrogens (tertiary/aromatic N) is 4. The lowest BCUT2D eigenvalue weighted by atomic mass is 10.2. The van der Waals surface area contributed by atoms with Crippen molar-refractivity contribution in [2.24, 2.45) is 0 Å². The summed E-state index contributed by atoms with van der Waals surface area (Å²) in [6.45, 7) is 13.1. The van der Waals surface area contributed by atoms with Crippen molar-refractivity contribution in [3.8, 4) is 0 Å². The van der Waals surface area contributed by atoms with E-state index in [1.807, 2.05) is 12.1 Å². The van der Waals surface area contributed by atoms with Crippen LogP contribution in [0.3, 0.4) is 0 Å². The molecule has 0 aliphatic heterocycles. The number of thioether (sulfide) groups is 1. The summed E-state index contributed by atoms with van der Waals surface area (Å²) < 4.78 is 7.33. The highest BCUT2D eigenvalue weighted by molar-refractivity contribution is 7.99. The number of rotatable bonds is 9. The van der Waals surface area contributed by atoms with Gasteiger partial charge in [-0.25, -0.2) is 10.1 Å². The zero-order valence-electron chi connectivity index (χ0n) is 21.9. The molecule has 1 aromatic carbocycles. The van der Waals surface area contributed by atoms with Gasteiger partial charge in [0.2, 0.25) is 11.8 Å². The molecule has 0 unspecified atom stereocenters. The van der Waals surface area contributed by atoms with Crippen LogP contribution in [0, 0.1) is 13.8 Å². The molecule has 1 amide bonds. The van der Waals surface area contributed by atoms with Crippen molar-refractivity contribution in [2.75, 3.05) is 17.6 Å². The van der Waals surface area contributed by atoms with Crippen LogP contribution in [0.5, 0.6) is 0 Å². The number of amides is 1. The summed E-state index contributed by atoms with van der Waals surface area (Å²) in [6, 6.07) is 7.85. The maximum atomic E-state index is 13.4. The topological polar surface area (TPSA) is 126 Å². The summed E-state index contributed by atoms with van der Waals surface area (Å²) in [6.07, 6.45) is 0. The van der Waals surface area contributed by atoms with Crippen molar-refractivity contribution in [3.05, 3.63) is 56.4 Å². The van der Waals surface area contributed by atoms with Crippen molar-refractivity contribution in [1.29, 1.82) is 0 Å². The van der Waals surface area contributed by atoms with E-state index in [1.54, 1.807) is 30.5 Å². The fourth-order valence-electron chi connectivity index (χ4n) is 4.61. The van der Waals surface area contributed by atoms with Crippen LogP contribution in [0.25, 0.3) is 21.7 Å². The number of aromatic amines is 1. The number of H-pyrrole nitrogens is 1. The van der Waals surface area contributed by atoms with Gasteiger partial charge in [0.1, 0.15) is 11.1 Å². The van der Waals surface area contributed by atoms with E-state index in [2.05, 4.69) is 48.1 Å². The second kappa shape index (κ2) is 10.9. The second-order valence-electron chi connectivity index (χ2n) is 9.51. The number of fused-ring (bicyclic) bond motifs is 2. The van der Waals surface area contributed by atoms with E-state index in [1.165, 1.54) is 11.8 Å². The molecule has 4 aromatic rings. The van der Waals surface area contributed by atoms with Crippen LogP contribution >= 0.6 is 11.8 Å². The monoisotopic (exact) mass is 524 g/mol. The largest absolute Gasteiger partial charge is 0.444 e. The van der Waals surface area contributed by atoms with Crippen molar-refractivity contribution >= 4 is 45.2 Å². The molecule has 0 radical (unpaired) electrons. The van der Waals surface area contributed by atoms with E-state index in [-0.39, 0.29) is 28.5 Å². The number of aryl methyl sites for hydroxylation is 2. The molecule has 0 atom stereocenters. The normalized spacial score (nSPS) is 11.9. The minimum absolute atomic E-state index is 0.0218. The number of carbonyl (C=O) groups excluding carboxylic acids is 1. The molecule has 196 valence electrons. The maximum absolute atomic E-state index is 13.4. The average Bonchev–Trinajstić information content (AvgIpc) is 3.18. The number of anilines is 1. The first-order valence-electron chi connectivity index (χ1n) is 12.2. The molecule has 3 aromatic heterocycles. The molecule has 0 aliphatic rings. The van der Waals surface area contributed by atoms with Gasteiger partial charge in [0.05, 0.1) is 27.7 Å². The maximum Gasteiger partial charge on any atom is 0.277 e. The van der Waals surface area contributed by atoms with Crippen LogP contribution in [0.2, 0.25) is 0 Å². The highest BCUT2D eigenvalue weighted by Crippen LogP contribution is 2.28. The molecule has 2 N–H and O–H groups in total. The SMILES string of the molecule is Cc1n[nH]c(=O)c2c(NC(=O)CSc3nc4ccccc4c(=O)n3CCN(C(C)C)C(C)C)oc(C)c12. The Morgan fingerprint density at radius 2 is 1.84 bits per heavy atom. The summed E-state index contributed by atoms with van der Waals surface area (Å²) in [4.78, 5) is 45.7. The van der Waals surface area contributed by atoms with E-state index in [9.17, 15) is 14.4 Å². The summed E-state index contributed by atoms with van der Waals surface area (Å²) in [5, 5.41) is 10.9. The van der Waals surface area contributed by atoms with Gasteiger partial charge in [0.25, 0.3) is 11.1 Å². The molecule has 0 saturated heterocycles. The summed E-state index contributed by atoms with van der Waals surface area (Å²) in [5.41, 5.74) is 0.610. The van der Waals surface area contributed by atoms with Gasteiger partial charge in [-0.2, -0.15) is 5.10 Å². The summed E-state index contributed by atoms with van der Waals surface area (Å²) >= 11 is 1.17. The lowest BCUT2D eigenvalue weighted by Gasteiger charge is -2.30. The molecule has 3 heterocycles. The van der Waals surface area contributed by atoms with Gasteiger partial charge in [-0.15, -0.1) is 0 Å². The smallest absolute Gasteiger partial charge is 0.277 e. The van der Waals surface area contributed by atoms with Crippen molar-refractivity contribution in [1.82, 2.24) is 24.6 Å². The summed E-state index contributed by atoms with van der Waals surface area (Å²) in [7, 11) is 0. The standard InChI is InChI=1S/C26H32N6O4S/c1-14(2)31(15(3)4)11-12-32-25(35)18-9-7-8-10-19(18)27-26(32)37-13-20(33)28-24-22-21(17(6)36-24)16(5)29-30-23(22)34/h7-10,14-15H,11-13H2,1-6H3,(H,28,33)(H,30,34). The van der Waals surface area contributed by atoms with Crippen LogP contribution in [0.4, 0.5) is 5.88 Å². The number of para-hydroxylation sites is 1. The zero-order valence-corrected chi connectivity index (χ0v) is 22.7. The number of carbonyl (C=O) groups is 1. The Labute approximate surface area is 218 Å². The second-order valence-corrected chi connectivity index (χ2v) is 10.4. The van der Waals surface area contributed by atoms with Crippen molar-refractivity contribution < 1.29 is 9.21 Å². The predicted molar refractivity (Wildman–Crippen MR) is 146 cm³/mol. The first kappa shape index (κ1) is 26.6. The Balaban J connectivity index is 1.60. The van der Waals surface area contributed by atoms with Gasteiger partial charge in [-0.1, -0.05) is 23.9 Å². The highest BCUT2D eigenvalue weighted by Gasteiger charge is 2.20. The molecule has 10 nitrogen and oxygen atoms in total. The Kier molecular flexibility index (Phi) is 7.84. The quantitative estimate of drug-likeness (QED) is 0.251. The number of nitrogens with one attached hydrogen (secondary N) is 2. The van der Waals surface area contributed by atoms with Crippen LogP contribution in [-0.4, -0.2) is 54.9 Å². The van der Waals surface area contributed by atoms with Gasteiger partial charge in [-0.05, 0) is 53.7 Å². The molecule has 0 bridgehead atoms. The third-order valence-corrected chi connectivity index (χ3v) is 7.30. The number of aromatic nitrogens is 4. The van der Waals surface area contributed by atoms with E-state index in [4.69, 9.17) is 9.40 Å². The number of hydrogen-bond acceptors (Lipinski definition) is 8. The lowest BCUT2D eigenvalue weighted by Crippen LogP contribution is -2.40. The van der Waals surface area contributed by atoms with Crippen molar-refractivity contribution in [3.63, 3.8) is 0 Å². The number of furan rings is 1. The fraction of sp³-hybridized carbons (Fsp3) is 0.423. The van der Waals surface area contributed by atoms with E-state index >= 15 is 0 Å². The molecule has 0 spiro atoms. The molecule has 0 saturated carbocycles. The van der Waals surface area contributed by atoms with E-state index in [0.29, 0.717) is 58.1 Å². The number of benzene rings is 1. The highest BCUT2D eigenvalue weighted by atomic mass is 32.2. The zero-order chi connectivity index (χ0) is 26.9. The molecule has 11 heteroatoms. The minimum atomic E-state index is -0.440. The van der Waals surface area contributed by atoms with E-state index in [0.717, 1.165) is 0 Å². The first-order chi connectivity index (χ1) is 17.6. The number of hydrogen-bond donors (Lipinski definition) is 2. The van der Waals surface area contributed by atoms with E-state index < -0.39 is 5.56 Å².